The van der Waals surface area contributed by atoms with Crippen LogP contribution in [0.5, 0.6) is 0 Å². The lowest BCUT2D eigenvalue weighted by atomic mass is 10.2. The fraction of sp³-hybridized carbons (Fsp3) is 0.176. The number of rotatable bonds is 5. The molecule has 25 heavy (non-hydrogen) atoms. The van der Waals surface area contributed by atoms with Gasteiger partial charge in [-0.25, -0.2) is 17.6 Å². The van der Waals surface area contributed by atoms with Gasteiger partial charge < -0.3 is 10.1 Å². The standard InChI is InChI=1S/C17H16FNO5S/c1-11-7-8-12(9-14(11)18)19-16(20)10-24-17(21)13-5-3-4-6-15(13)25(2,22)23/h3-9H,10H2,1-2H3,(H,19,20). The number of ether oxygens (including phenoxy) is 1. The summed E-state index contributed by atoms with van der Waals surface area (Å²) in [6.07, 6.45) is 0.970. The molecule has 0 aliphatic carbocycles. The fourth-order valence-corrected chi connectivity index (χ4v) is 2.91. The third-order valence-electron chi connectivity index (χ3n) is 3.30. The molecule has 0 heterocycles. The Balaban J connectivity index is 2.03. The highest BCUT2D eigenvalue weighted by atomic mass is 32.2. The smallest absolute Gasteiger partial charge is 0.339 e. The molecule has 2 rings (SSSR count). The first-order valence-corrected chi connectivity index (χ1v) is 9.10. The number of amides is 1. The van der Waals surface area contributed by atoms with E-state index in [1.54, 1.807) is 6.92 Å². The molecule has 132 valence electrons. The molecule has 2 aromatic rings. The summed E-state index contributed by atoms with van der Waals surface area (Å²) >= 11 is 0. The van der Waals surface area contributed by atoms with Crippen molar-refractivity contribution < 1.29 is 27.1 Å². The Morgan fingerprint density at radius 3 is 2.48 bits per heavy atom. The van der Waals surface area contributed by atoms with Gasteiger partial charge in [-0.3, -0.25) is 4.79 Å². The number of carbonyl (C=O) groups excluding carboxylic acids is 2. The number of sulfone groups is 1. The molecule has 6 nitrogen and oxygen atoms in total. The minimum atomic E-state index is -3.62. The maximum Gasteiger partial charge on any atom is 0.339 e. The number of carbonyl (C=O) groups is 2. The summed E-state index contributed by atoms with van der Waals surface area (Å²) in [5.74, 6) is -2.09. The van der Waals surface area contributed by atoms with Gasteiger partial charge in [0, 0.05) is 11.9 Å². The first kappa shape index (κ1) is 18.6. The van der Waals surface area contributed by atoms with Crippen molar-refractivity contribution in [1.82, 2.24) is 0 Å². The normalized spacial score (nSPS) is 11.0. The van der Waals surface area contributed by atoms with Gasteiger partial charge in [-0.15, -0.1) is 0 Å². The van der Waals surface area contributed by atoms with Gasteiger partial charge in [0.2, 0.25) is 0 Å². The van der Waals surface area contributed by atoms with Crippen molar-refractivity contribution in [3.63, 3.8) is 0 Å². The van der Waals surface area contributed by atoms with Crippen molar-refractivity contribution in [1.29, 1.82) is 0 Å². The molecule has 0 aromatic heterocycles. The summed E-state index contributed by atoms with van der Waals surface area (Å²) in [6.45, 7) is 0.953. The molecule has 0 fully saturated rings. The van der Waals surface area contributed by atoms with E-state index in [9.17, 15) is 22.4 Å². The summed E-state index contributed by atoms with van der Waals surface area (Å²) in [4.78, 5) is 23.7. The Morgan fingerprint density at radius 1 is 1.16 bits per heavy atom. The molecular formula is C17H16FNO5S. The molecule has 1 amide bonds. The predicted molar refractivity (Wildman–Crippen MR) is 89.6 cm³/mol. The number of benzene rings is 2. The number of halogens is 1. The first-order valence-electron chi connectivity index (χ1n) is 7.20. The van der Waals surface area contributed by atoms with E-state index in [2.05, 4.69) is 5.32 Å². The summed E-state index contributed by atoms with van der Waals surface area (Å²) in [5.41, 5.74) is 0.502. The van der Waals surface area contributed by atoms with Crippen LogP contribution in [0.4, 0.5) is 10.1 Å². The van der Waals surface area contributed by atoms with Gasteiger partial charge in [-0.05, 0) is 36.8 Å². The van der Waals surface area contributed by atoms with Gasteiger partial charge in [0.25, 0.3) is 5.91 Å². The summed E-state index contributed by atoms with van der Waals surface area (Å²) in [6, 6.07) is 9.70. The van der Waals surface area contributed by atoms with Crippen LogP contribution in [0.1, 0.15) is 15.9 Å². The maximum absolute atomic E-state index is 13.4. The van der Waals surface area contributed by atoms with Gasteiger partial charge in [0.15, 0.2) is 16.4 Å². The largest absolute Gasteiger partial charge is 0.452 e. The summed E-state index contributed by atoms with van der Waals surface area (Å²) < 4.78 is 41.6. The lowest BCUT2D eigenvalue weighted by Crippen LogP contribution is -2.21. The number of anilines is 1. The highest BCUT2D eigenvalue weighted by molar-refractivity contribution is 7.90. The van der Waals surface area contributed by atoms with E-state index in [-0.39, 0.29) is 16.1 Å². The Bertz CT molecular complexity index is 924. The van der Waals surface area contributed by atoms with Crippen LogP contribution in [0.3, 0.4) is 0 Å². The van der Waals surface area contributed by atoms with Crippen LogP contribution in [0.2, 0.25) is 0 Å². The minimum Gasteiger partial charge on any atom is -0.452 e. The fourth-order valence-electron chi connectivity index (χ4n) is 2.04. The van der Waals surface area contributed by atoms with Crippen LogP contribution in [0.15, 0.2) is 47.4 Å². The van der Waals surface area contributed by atoms with Crippen LogP contribution < -0.4 is 5.32 Å². The Morgan fingerprint density at radius 2 is 1.84 bits per heavy atom. The number of hydrogen-bond donors (Lipinski definition) is 1. The van der Waals surface area contributed by atoms with Crippen molar-refractivity contribution in [3.8, 4) is 0 Å². The molecule has 1 N–H and O–H groups in total. The zero-order valence-electron chi connectivity index (χ0n) is 13.6. The quantitative estimate of drug-likeness (QED) is 0.822. The van der Waals surface area contributed by atoms with Crippen LogP contribution in [-0.2, 0) is 19.4 Å². The van der Waals surface area contributed by atoms with Crippen LogP contribution >= 0.6 is 0 Å². The van der Waals surface area contributed by atoms with Gasteiger partial charge in [0.05, 0.1) is 10.5 Å². The average molecular weight is 365 g/mol. The second-order valence-electron chi connectivity index (χ2n) is 5.36. The van der Waals surface area contributed by atoms with E-state index in [1.165, 1.54) is 36.4 Å². The Labute approximate surface area is 144 Å². The number of aryl methyl sites for hydroxylation is 1. The lowest BCUT2D eigenvalue weighted by Gasteiger charge is -2.09. The molecule has 0 unspecified atom stereocenters. The van der Waals surface area contributed by atoms with Gasteiger partial charge in [0.1, 0.15) is 5.82 Å². The molecule has 8 heteroatoms. The number of nitrogens with one attached hydrogen (secondary N) is 1. The van der Waals surface area contributed by atoms with Crippen LogP contribution in [0.25, 0.3) is 0 Å². The lowest BCUT2D eigenvalue weighted by molar-refractivity contribution is -0.119. The molecule has 0 saturated carbocycles. The highest BCUT2D eigenvalue weighted by Gasteiger charge is 2.20. The van der Waals surface area contributed by atoms with Crippen LogP contribution in [-0.4, -0.2) is 33.2 Å². The van der Waals surface area contributed by atoms with E-state index in [0.717, 1.165) is 12.3 Å². The third-order valence-corrected chi connectivity index (χ3v) is 4.45. The second-order valence-corrected chi connectivity index (χ2v) is 7.34. The maximum atomic E-state index is 13.4. The second kappa shape index (κ2) is 7.43. The van der Waals surface area contributed by atoms with Gasteiger partial charge >= 0.3 is 5.97 Å². The van der Waals surface area contributed by atoms with Crippen molar-refractivity contribution in [2.24, 2.45) is 0 Å². The van der Waals surface area contributed by atoms with Gasteiger partial charge in [-0.1, -0.05) is 18.2 Å². The first-order chi connectivity index (χ1) is 11.7. The number of esters is 1. The Kier molecular flexibility index (Phi) is 5.53. The minimum absolute atomic E-state index is 0.154. The van der Waals surface area contributed by atoms with Crippen molar-refractivity contribution in [3.05, 3.63) is 59.4 Å². The zero-order chi connectivity index (χ0) is 18.6. The molecule has 0 aliphatic rings. The predicted octanol–water partition coefficient (Wildman–Crippen LogP) is 2.33. The van der Waals surface area contributed by atoms with Crippen molar-refractivity contribution >= 4 is 27.4 Å². The zero-order valence-corrected chi connectivity index (χ0v) is 14.4. The van der Waals surface area contributed by atoms with Crippen molar-refractivity contribution in [2.45, 2.75) is 11.8 Å². The van der Waals surface area contributed by atoms with E-state index in [4.69, 9.17) is 4.74 Å². The van der Waals surface area contributed by atoms with E-state index >= 15 is 0 Å². The van der Waals surface area contributed by atoms with Crippen LogP contribution in [0, 0.1) is 12.7 Å². The molecule has 0 radical (unpaired) electrons. The average Bonchev–Trinajstić information content (AvgIpc) is 2.55. The molecule has 0 spiro atoms. The topological polar surface area (TPSA) is 89.5 Å². The van der Waals surface area contributed by atoms with E-state index in [0.29, 0.717) is 5.56 Å². The number of hydrogen-bond acceptors (Lipinski definition) is 5. The monoisotopic (exact) mass is 365 g/mol. The molecule has 0 atom stereocenters. The summed E-state index contributed by atoms with van der Waals surface area (Å²) in [5, 5.41) is 2.39. The molecule has 0 aliphatic heterocycles. The van der Waals surface area contributed by atoms with Crippen molar-refractivity contribution in [2.75, 3.05) is 18.2 Å². The molecule has 2 aromatic carbocycles. The highest BCUT2D eigenvalue weighted by Crippen LogP contribution is 2.17. The van der Waals surface area contributed by atoms with E-state index in [1.807, 2.05) is 0 Å². The Hall–Kier alpha value is -2.74. The summed E-state index contributed by atoms with van der Waals surface area (Å²) in [7, 11) is -3.62. The molecule has 0 bridgehead atoms. The molecule has 0 saturated heterocycles. The third kappa shape index (κ3) is 4.87. The molecular weight excluding hydrogens is 349 g/mol. The van der Waals surface area contributed by atoms with E-state index < -0.39 is 34.1 Å². The SMILES string of the molecule is Cc1ccc(NC(=O)COC(=O)c2ccccc2S(C)(=O)=O)cc1F. The van der Waals surface area contributed by atoms with Gasteiger partial charge in [-0.2, -0.15) is 0 Å².